The SMILES string of the molecule is CCN(c1c(C(=N)N)c(C)nn1C)C(C)COC. The molecule has 1 aromatic heterocycles. The molecule has 0 saturated heterocycles. The maximum atomic E-state index is 7.71. The van der Waals surface area contributed by atoms with Gasteiger partial charge in [-0.05, 0) is 20.8 Å². The summed E-state index contributed by atoms with van der Waals surface area (Å²) < 4.78 is 6.98. The Kier molecular flexibility index (Phi) is 4.72. The van der Waals surface area contributed by atoms with Crippen LogP contribution in [0.2, 0.25) is 0 Å². The lowest BCUT2D eigenvalue weighted by Gasteiger charge is -2.30. The maximum Gasteiger partial charge on any atom is 0.138 e. The highest BCUT2D eigenvalue weighted by atomic mass is 16.5. The van der Waals surface area contributed by atoms with E-state index in [-0.39, 0.29) is 11.9 Å². The van der Waals surface area contributed by atoms with E-state index in [4.69, 9.17) is 15.9 Å². The summed E-state index contributed by atoms with van der Waals surface area (Å²) in [6.07, 6.45) is 0. The van der Waals surface area contributed by atoms with Crippen LogP contribution in [0, 0.1) is 12.3 Å². The summed E-state index contributed by atoms with van der Waals surface area (Å²) in [6.45, 7) is 7.45. The van der Waals surface area contributed by atoms with Crippen molar-refractivity contribution >= 4 is 11.7 Å². The highest BCUT2D eigenvalue weighted by molar-refractivity contribution is 6.01. The first-order chi connectivity index (χ1) is 8.43. The summed E-state index contributed by atoms with van der Waals surface area (Å²) in [5, 5.41) is 12.1. The molecule has 1 unspecified atom stereocenters. The second kappa shape index (κ2) is 5.86. The van der Waals surface area contributed by atoms with Crippen LogP contribution in [0.5, 0.6) is 0 Å². The van der Waals surface area contributed by atoms with Crippen molar-refractivity contribution in [2.75, 3.05) is 25.2 Å². The van der Waals surface area contributed by atoms with Crippen LogP contribution in [0.15, 0.2) is 0 Å². The Labute approximate surface area is 108 Å². The van der Waals surface area contributed by atoms with E-state index in [9.17, 15) is 0 Å². The first-order valence-corrected chi connectivity index (χ1v) is 6.07. The predicted octanol–water partition coefficient (Wildman–Crippen LogP) is 0.874. The van der Waals surface area contributed by atoms with Crippen molar-refractivity contribution in [3.8, 4) is 0 Å². The van der Waals surface area contributed by atoms with Crippen LogP contribution < -0.4 is 10.6 Å². The molecule has 1 heterocycles. The number of amidine groups is 1. The van der Waals surface area contributed by atoms with Crippen LogP contribution >= 0.6 is 0 Å². The number of hydrogen-bond acceptors (Lipinski definition) is 4. The zero-order valence-corrected chi connectivity index (χ0v) is 11.8. The van der Waals surface area contributed by atoms with Gasteiger partial charge in [0.15, 0.2) is 0 Å². The molecule has 0 aromatic carbocycles. The van der Waals surface area contributed by atoms with Gasteiger partial charge in [-0.1, -0.05) is 0 Å². The second-order valence-electron chi connectivity index (χ2n) is 4.41. The van der Waals surface area contributed by atoms with Crippen molar-refractivity contribution < 1.29 is 4.74 Å². The molecule has 6 nitrogen and oxygen atoms in total. The van der Waals surface area contributed by atoms with E-state index in [2.05, 4.69) is 23.8 Å². The smallest absolute Gasteiger partial charge is 0.138 e. The van der Waals surface area contributed by atoms with E-state index in [0.29, 0.717) is 12.2 Å². The molecule has 1 atom stereocenters. The van der Waals surface area contributed by atoms with Crippen molar-refractivity contribution in [1.29, 1.82) is 5.41 Å². The van der Waals surface area contributed by atoms with Crippen LogP contribution in [0.25, 0.3) is 0 Å². The number of aryl methyl sites for hydroxylation is 2. The molecule has 0 spiro atoms. The summed E-state index contributed by atoms with van der Waals surface area (Å²) in [4.78, 5) is 2.15. The minimum Gasteiger partial charge on any atom is -0.384 e. The molecular weight excluding hydrogens is 230 g/mol. The highest BCUT2D eigenvalue weighted by Crippen LogP contribution is 2.24. The van der Waals surface area contributed by atoms with E-state index in [1.807, 2.05) is 14.0 Å². The van der Waals surface area contributed by atoms with Gasteiger partial charge < -0.3 is 15.4 Å². The number of nitrogens with zero attached hydrogens (tertiary/aromatic N) is 3. The van der Waals surface area contributed by atoms with Crippen molar-refractivity contribution in [2.24, 2.45) is 12.8 Å². The van der Waals surface area contributed by atoms with Crippen molar-refractivity contribution in [3.63, 3.8) is 0 Å². The van der Waals surface area contributed by atoms with Crippen LogP contribution in [0.1, 0.15) is 25.1 Å². The molecule has 102 valence electrons. The van der Waals surface area contributed by atoms with Gasteiger partial charge in [-0.3, -0.25) is 10.1 Å². The number of likely N-dealkylation sites (N-methyl/N-ethyl adjacent to an activating group) is 1. The largest absolute Gasteiger partial charge is 0.384 e. The first-order valence-electron chi connectivity index (χ1n) is 6.07. The number of nitrogens with one attached hydrogen (secondary N) is 1. The fraction of sp³-hybridized carbons (Fsp3) is 0.667. The van der Waals surface area contributed by atoms with Crippen LogP contribution in [-0.2, 0) is 11.8 Å². The van der Waals surface area contributed by atoms with E-state index >= 15 is 0 Å². The lowest BCUT2D eigenvalue weighted by molar-refractivity contribution is 0.181. The Morgan fingerprint density at radius 3 is 2.67 bits per heavy atom. The normalized spacial score (nSPS) is 12.5. The molecule has 0 fully saturated rings. The Hall–Kier alpha value is -1.56. The van der Waals surface area contributed by atoms with E-state index < -0.39 is 0 Å². The number of nitrogen functional groups attached to an aromatic ring is 1. The van der Waals surface area contributed by atoms with Gasteiger partial charge in [0.05, 0.1) is 23.9 Å². The van der Waals surface area contributed by atoms with Gasteiger partial charge in [-0.2, -0.15) is 5.10 Å². The molecule has 6 heteroatoms. The minimum atomic E-state index is 0.0543. The van der Waals surface area contributed by atoms with Crippen molar-refractivity contribution in [1.82, 2.24) is 9.78 Å². The Balaban J connectivity index is 3.24. The molecule has 0 saturated carbocycles. The number of rotatable bonds is 6. The van der Waals surface area contributed by atoms with Gasteiger partial charge in [0.25, 0.3) is 0 Å². The zero-order chi connectivity index (χ0) is 13.9. The zero-order valence-electron chi connectivity index (χ0n) is 11.8. The van der Waals surface area contributed by atoms with Crippen molar-refractivity contribution in [3.05, 3.63) is 11.3 Å². The van der Waals surface area contributed by atoms with Gasteiger partial charge in [0.2, 0.25) is 0 Å². The Bertz CT molecular complexity index is 426. The van der Waals surface area contributed by atoms with Gasteiger partial charge >= 0.3 is 0 Å². The highest BCUT2D eigenvalue weighted by Gasteiger charge is 2.23. The van der Waals surface area contributed by atoms with Crippen LogP contribution in [0.3, 0.4) is 0 Å². The third kappa shape index (κ3) is 2.64. The van der Waals surface area contributed by atoms with Gasteiger partial charge in [0.1, 0.15) is 11.7 Å². The average molecular weight is 253 g/mol. The lowest BCUT2D eigenvalue weighted by atomic mass is 10.2. The molecular formula is C12H23N5O. The van der Waals surface area contributed by atoms with E-state index in [0.717, 1.165) is 18.1 Å². The third-order valence-electron chi connectivity index (χ3n) is 3.01. The van der Waals surface area contributed by atoms with Crippen LogP contribution in [-0.4, -0.2) is 41.9 Å². The summed E-state index contributed by atoms with van der Waals surface area (Å²) >= 11 is 0. The molecule has 0 aliphatic rings. The lowest BCUT2D eigenvalue weighted by Crippen LogP contribution is -2.38. The minimum absolute atomic E-state index is 0.0543. The number of aromatic nitrogens is 2. The summed E-state index contributed by atoms with van der Waals surface area (Å²) in [5.74, 6) is 0.936. The molecule has 1 aromatic rings. The molecule has 1 rings (SSSR count). The number of nitrogens with two attached hydrogens (primary N) is 1. The monoisotopic (exact) mass is 253 g/mol. The summed E-state index contributed by atoms with van der Waals surface area (Å²) in [5.41, 5.74) is 7.16. The van der Waals surface area contributed by atoms with Gasteiger partial charge in [-0.25, -0.2) is 0 Å². The quantitative estimate of drug-likeness (QED) is 0.582. The predicted molar refractivity (Wildman–Crippen MR) is 73.3 cm³/mol. The molecule has 18 heavy (non-hydrogen) atoms. The topological polar surface area (TPSA) is 80.2 Å². The second-order valence-corrected chi connectivity index (χ2v) is 4.41. The Morgan fingerprint density at radius 1 is 1.61 bits per heavy atom. The van der Waals surface area contributed by atoms with Gasteiger partial charge in [0, 0.05) is 20.7 Å². The molecule has 0 amide bonds. The van der Waals surface area contributed by atoms with Crippen LogP contribution in [0.4, 0.5) is 5.82 Å². The summed E-state index contributed by atoms with van der Waals surface area (Å²) in [7, 11) is 3.56. The number of anilines is 1. The van der Waals surface area contributed by atoms with E-state index in [1.165, 1.54) is 0 Å². The molecule has 0 aliphatic carbocycles. The first kappa shape index (κ1) is 14.5. The average Bonchev–Trinajstić information content (AvgIpc) is 2.56. The standard InChI is InChI=1S/C12H23N5O/c1-6-17(8(2)7-18-5)12-10(11(13)14)9(3)15-16(12)4/h8H,6-7H2,1-5H3,(H3,13,14). The molecule has 0 aliphatic heterocycles. The Morgan fingerprint density at radius 2 is 2.22 bits per heavy atom. The fourth-order valence-corrected chi connectivity index (χ4v) is 2.29. The van der Waals surface area contributed by atoms with Gasteiger partial charge in [-0.15, -0.1) is 0 Å². The van der Waals surface area contributed by atoms with E-state index in [1.54, 1.807) is 11.8 Å². The number of ether oxygens (including phenoxy) is 1. The molecule has 3 N–H and O–H groups in total. The fourth-order valence-electron chi connectivity index (χ4n) is 2.29. The van der Waals surface area contributed by atoms with Crippen molar-refractivity contribution in [2.45, 2.75) is 26.8 Å². The molecule has 0 bridgehead atoms. The number of hydrogen-bond donors (Lipinski definition) is 2. The number of methoxy groups -OCH3 is 1. The third-order valence-corrected chi connectivity index (χ3v) is 3.01. The maximum absolute atomic E-state index is 7.71. The summed E-state index contributed by atoms with van der Waals surface area (Å²) in [6, 6.07) is 0.202. The molecule has 0 radical (unpaired) electrons.